The molecule has 0 bridgehead atoms. The predicted octanol–water partition coefficient (Wildman–Crippen LogP) is 4.70. The molecule has 0 fully saturated rings. The summed E-state index contributed by atoms with van der Waals surface area (Å²) in [5, 5.41) is 3.50. The lowest BCUT2D eigenvalue weighted by Gasteiger charge is -2.16. The van der Waals surface area contributed by atoms with Gasteiger partial charge in [-0.1, -0.05) is 30.3 Å². The van der Waals surface area contributed by atoms with Crippen molar-refractivity contribution in [1.82, 2.24) is 0 Å². The fourth-order valence-corrected chi connectivity index (χ4v) is 2.15. The number of anilines is 1. The van der Waals surface area contributed by atoms with Crippen LogP contribution in [0.2, 0.25) is 0 Å². The van der Waals surface area contributed by atoms with Gasteiger partial charge in [0, 0.05) is 17.8 Å². The van der Waals surface area contributed by atoms with Gasteiger partial charge >= 0.3 is 0 Å². The van der Waals surface area contributed by atoms with Gasteiger partial charge in [-0.15, -0.1) is 0 Å². The van der Waals surface area contributed by atoms with Crippen molar-refractivity contribution in [2.45, 2.75) is 40.3 Å². The predicted molar refractivity (Wildman–Crippen MR) is 85.4 cm³/mol. The normalized spacial score (nSPS) is 10.7. The van der Waals surface area contributed by atoms with E-state index in [-0.39, 0.29) is 6.10 Å². The lowest BCUT2D eigenvalue weighted by molar-refractivity contribution is 0.240. The highest BCUT2D eigenvalue weighted by Gasteiger charge is 2.06. The summed E-state index contributed by atoms with van der Waals surface area (Å²) in [4.78, 5) is 0. The van der Waals surface area contributed by atoms with Crippen molar-refractivity contribution in [2.75, 3.05) is 5.32 Å². The Labute approximate surface area is 121 Å². The van der Waals surface area contributed by atoms with Crippen molar-refractivity contribution in [2.24, 2.45) is 0 Å². The second-order valence-corrected chi connectivity index (χ2v) is 5.38. The third-order valence-corrected chi connectivity index (χ3v) is 3.41. The molecule has 2 aromatic rings. The van der Waals surface area contributed by atoms with Gasteiger partial charge in [-0.2, -0.15) is 0 Å². The van der Waals surface area contributed by atoms with E-state index in [1.54, 1.807) is 0 Å². The van der Waals surface area contributed by atoms with Crippen molar-refractivity contribution in [3.63, 3.8) is 0 Å². The molecule has 0 unspecified atom stereocenters. The van der Waals surface area contributed by atoms with Gasteiger partial charge in [-0.25, -0.2) is 0 Å². The second kappa shape index (κ2) is 6.47. The molecule has 0 aliphatic carbocycles. The average molecular weight is 269 g/mol. The summed E-state index contributed by atoms with van der Waals surface area (Å²) in [5.74, 6) is 0.959. The van der Waals surface area contributed by atoms with Gasteiger partial charge in [0.25, 0.3) is 0 Å². The monoisotopic (exact) mass is 269 g/mol. The van der Waals surface area contributed by atoms with Crippen LogP contribution in [0.15, 0.2) is 42.5 Å². The SMILES string of the molecule is Cc1cccc(NCc2ccccc2OC(C)C)c1C. The Bertz CT molecular complexity index is 575. The van der Waals surface area contributed by atoms with Crippen LogP contribution >= 0.6 is 0 Å². The van der Waals surface area contributed by atoms with Gasteiger partial charge in [-0.05, 0) is 51.0 Å². The molecule has 2 rings (SSSR count). The van der Waals surface area contributed by atoms with Gasteiger partial charge < -0.3 is 10.1 Å². The highest BCUT2D eigenvalue weighted by Crippen LogP contribution is 2.23. The number of hydrogen-bond donors (Lipinski definition) is 1. The number of hydrogen-bond acceptors (Lipinski definition) is 2. The molecule has 20 heavy (non-hydrogen) atoms. The van der Waals surface area contributed by atoms with Crippen LogP contribution in [-0.4, -0.2) is 6.10 Å². The van der Waals surface area contributed by atoms with Crippen LogP contribution in [0.25, 0.3) is 0 Å². The minimum atomic E-state index is 0.192. The van der Waals surface area contributed by atoms with Crippen LogP contribution in [0.3, 0.4) is 0 Å². The molecular formula is C18H23NO. The van der Waals surface area contributed by atoms with E-state index in [1.165, 1.54) is 22.4 Å². The Balaban J connectivity index is 2.13. The molecule has 106 valence electrons. The van der Waals surface area contributed by atoms with Crippen LogP contribution in [-0.2, 0) is 6.54 Å². The molecule has 0 saturated carbocycles. The topological polar surface area (TPSA) is 21.3 Å². The zero-order chi connectivity index (χ0) is 14.5. The molecular weight excluding hydrogens is 246 g/mol. The first-order valence-corrected chi connectivity index (χ1v) is 7.12. The van der Waals surface area contributed by atoms with E-state index in [4.69, 9.17) is 4.74 Å². The minimum Gasteiger partial charge on any atom is -0.491 e. The highest BCUT2D eigenvalue weighted by molar-refractivity contribution is 5.54. The van der Waals surface area contributed by atoms with E-state index >= 15 is 0 Å². The number of rotatable bonds is 5. The molecule has 0 aromatic heterocycles. The molecule has 0 aliphatic rings. The third kappa shape index (κ3) is 3.53. The molecule has 2 nitrogen and oxygen atoms in total. The molecule has 0 spiro atoms. The summed E-state index contributed by atoms with van der Waals surface area (Å²) in [6, 6.07) is 14.5. The Morgan fingerprint density at radius 2 is 1.75 bits per heavy atom. The molecule has 0 atom stereocenters. The third-order valence-electron chi connectivity index (χ3n) is 3.41. The molecule has 1 N–H and O–H groups in total. The van der Waals surface area contributed by atoms with E-state index in [0.29, 0.717) is 0 Å². The second-order valence-electron chi connectivity index (χ2n) is 5.38. The molecule has 0 heterocycles. The van der Waals surface area contributed by atoms with Gasteiger partial charge in [0.15, 0.2) is 0 Å². The Morgan fingerprint density at radius 1 is 1.00 bits per heavy atom. The molecule has 2 heteroatoms. The zero-order valence-electron chi connectivity index (χ0n) is 12.7. The first-order valence-electron chi connectivity index (χ1n) is 7.12. The van der Waals surface area contributed by atoms with E-state index < -0.39 is 0 Å². The number of nitrogens with one attached hydrogen (secondary N) is 1. The van der Waals surface area contributed by atoms with Crippen molar-refractivity contribution in [1.29, 1.82) is 0 Å². The number of benzene rings is 2. The van der Waals surface area contributed by atoms with Crippen molar-refractivity contribution < 1.29 is 4.74 Å². The fourth-order valence-electron chi connectivity index (χ4n) is 2.15. The van der Waals surface area contributed by atoms with E-state index in [0.717, 1.165) is 12.3 Å². The number of para-hydroxylation sites is 1. The molecule has 0 amide bonds. The van der Waals surface area contributed by atoms with Gasteiger partial charge in [0.05, 0.1) is 6.10 Å². The lowest BCUT2D eigenvalue weighted by Crippen LogP contribution is -2.09. The number of aryl methyl sites for hydroxylation is 1. The Morgan fingerprint density at radius 3 is 2.50 bits per heavy atom. The standard InChI is InChI=1S/C18H23NO/c1-13(2)20-18-11-6-5-9-16(18)12-19-17-10-7-8-14(3)15(17)4/h5-11,13,19H,12H2,1-4H3. The van der Waals surface area contributed by atoms with Crippen LogP contribution in [0.1, 0.15) is 30.5 Å². The van der Waals surface area contributed by atoms with E-state index in [9.17, 15) is 0 Å². The van der Waals surface area contributed by atoms with Crippen LogP contribution in [0.5, 0.6) is 5.75 Å². The average Bonchev–Trinajstić information content (AvgIpc) is 2.41. The maximum atomic E-state index is 5.85. The summed E-state index contributed by atoms with van der Waals surface area (Å²) in [7, 11) is 0. The Hall–Kier alpha value is -1.96. The quantitative estimate of drug-likeness (QED) is 0.849. The van der Waals surface area contributed by atoms with Crippen molar-refractivity contribution in [3.05, 3.63) is 59.2 Å². The summed E-state index contributed by atoms with van der Waals surface area (Å²) < 4.78 is 5.85. The van der Waals surface area contributed by atoms with Crippen LogP contribution < -0.4 is 10.1 Å². The van der Waals surface area contributed by atoms with E-state index in [1.807, 2.05) is 18.2 Å². The molecule has 0 saturated heterocycles. The van der Waals surface area contributed by atoms with Crippen LogP contribution in [0.4, 0.5) is 5.69 Å². The van der Waals surface area contributed by atoms with Crippen molar-refractivity contribution >= 4 is 5.69 Å². The lowest BCUT2D eigenvalue weighted by atomic mass is 10.1. The summed E-state index contributed by atoms with van der Waals surface area (Å²) in [6.45, 7) is 9.15. The summed E-state index contributed by atoms with van der Waals surface area (Å²) in [6.07, 6.45) is 0.192. The van der Waals surface area contributed by atoms with Gasteiger partial charge in [0.1, 0.15) is 5.75 Å². The minimum absolute atomic E-state index is 0.192. The molecule has 2 aromatic carbocycles. The van der Waals surface area contributed by atoms with Gasteiger partial charge in [-0.3, -0.25) is 0 Å². The summed E-state index contributed by atoms with van der Waals surface area (Å²) >= 11 is 0. The molecule has 0 aliphatic heterocycles. The largest absolute Gasteiger partial charge is 0.491 e. The fraction of sp³-hybridized carbons (Fsp3) is 0.333. The maximum Gasteiger partial charge on any atom is 0.124 e. The smallest absolute Gasteiger partial charge is 0.124 e. The Kier molecular flexibility index (Phi) is 4.67. The van der Waals surface area contributed by atoms with Crippen LogP contribution in [0, 0.1) is 13.8 Å². The highest BCUT2D eigenvalue weighted by atomic mass is 16.5. The molecule has 0 radical (unpaired) electrons. The summed E-state index contributed by atoms with van der Waals surface area (Å²) in [5.41, 5.74) is 4.97. The van der Waals surface area contributed by atoms with E-state index in [2.05, 4.69) is 57.3 Å². The zero-order valence-corrected chi connectivity index (χ0v) is 12.7. The number of ether oxygens (including phenoxy) is 1. The first kappa shape index (κ1) is 14.4. The maximum absolute atomic E-state index is 5.85. The van der Waals surface area contributed by atoms with Gasteiger partial charge in [0.2, 0.25) is 0 Å². The first-order chi connectivity index (χ1) is 9.58. The van der Waals surface area contributed by atoms with Crippen molar-refractivity contribution in [3.8, 4) is 5.75 Å².